The zero-order valence-corrected chi connectivity index (χ0v) is 13.7. The van der Waals surface area contributed by atoms with Crippen molar-refractivity contribution in [1.82, 2.24) is 19.9 Å². The molecule has 1 atom stereocenters. The van der Waals surface area contributed by atoms with Gasteiger partial charge < -0.3 is 9.42 Å². The molecular formula is C17H28N4O. The van der Waals surface area contributed by atoms with Crippen LogP contribution in [0.1, 0.15) is 69.1 Å². The minimum atomic E-state index is 0.258. The van der Waals surface area contributed by atoms with Gasteiger partial charge in [-0.1, -0.05) is 18.0 Å². The first-order valence-electron chi connectivity index (χ1n) is 9.09. The van der Waals surface area contributed by atoms with Crippen LogP contribution in [-0.2, 0) is 0 Å². The van der Waals surface area contributed by atoms with Gasteiger partial charge in [-0.2, -0.15) is 4.98 Å². The monoisotopic (exact) mass is 304 g/mol. The van der Waals surface area contributed by atoms with Crippen LogP contribution < -0.4 is 0 Å². The summed E-state index contributed by atoms with van der Waals surface area (Å²) in [6.45, 7) is 8.13. The van der Waals surface area contributed by atoms with E-state index in [2.05, 4.69) is 26.9 Å². The van der Waals surface area contributed by atoms with E-state index in [0.717, 1.165) is 30.7 Å². The molecule has 5 nitrogen and oxygen atoms in total. The summed E-state index contributed by atoms with van der Waals surface area (Å²) in [7, 11) is 0. The van der Waals surface area contributed by atoms with Crippen LogP contribution in [0.5, 0.6) is 0 Å². The van der Waals surface area contributed by atoms with Gasteiger partial charge in [0.1, 0.15) is 0 Å². The van der Waals surface area contributed by atoms with E-state index in [1.807, 2.05) is 0 Å². The molecule has 0 aromatic carbocycles. The first-order valence-corrected chi connectivity index (χ1v) is 9.09. The second-order valence-electron chi connectivity index (χ2n) is 7.43. The molecule has 0 bridgehead atoms. The molecule has 0 N–H and O–H groups in total. The van der Waals surface area contributed by atoms with E-state index in [1.165, 1.54) is 58.2 Å². The van der Waals surface area contributed by atoms with Crippen LogP contribution in [0.15, 0.2) is 4.52 Å². The summed E-state index contributed by atoms with van der Waals surface area (Å²) in [6, 6.07) is 0.258. The fourth-order valence-electron chi connectivity index (χ4n) is 3.97. The lowest BCUT2D eigenvalue weighted by atomic mass is 10.1. The number of hydrogen-bond donors (Lipinski definition) is 0. The standard InChI is InChI=1S/C17H28N4O/c1-13(17-18-16(19-22-17)15-6-7-15)21-10-8-20(9-11-21)12-14-4-2-3-5-14/h13-15H,2-12H2,1H3. The molecule has 1 aliphatic heterocycles. The van der Waals surface area contributed by atoms with Crippen molar-refractivity contribution in [2.24, 2.45) is 5.92 Å². The van der Waals surface area contributed by atoms with Gasteiger partial charge in [0, 0.05) is 38.6 Å². The Morgan fingerprint density at radius 1 is 1.09 bits per heavy atom. The van der Waals surface area contributed by atoms with Crippen molar-refractivity contribution < 1.29 is 4.52 Å². The van der Waals surface area contributed by atoms with Crippen LogP contribution in [0.4, 0.5) is 0 Å². The Balaban J connectivity index is 1.28. The molecule has 0 amide bonds. The van der Waals surface area contributed by atoms with E-state index < -0.39 is 0 Å². The highest BCUT2D eigenvalue weighted by molar-refractivity contribution is 5.04. The van der Waals surface area contributed by atoms with Crippen LogP contribution in [0, 0.1) is 5.92 Å². The Morgan fingerprint density at radius 3 is 2.50 bits per heavy atom. The predicted octanol–water partition coefficient (Wildman–Crippen LogP) is 2.82. The number of aromatic nitrogens is 2. The van der Waals surface area contributed by atoms with E-state index in [4.69, 9.17) is 4.52 Å². The van der Waals surface area contributed by atoms with Gasteiger partial charge in [-0.3, -0.25) is 4.90 Å². The van der Waals surface area contributed by atoms with Gasteiger partial charge in [0.25, 0.3) is 0 Å². The molecule has 4 rings (SSSR count). The van der Waals surface area contributed by atoms with E-state index in [9.17, 15) is 0 Å². The van der Waals surface area contributed by atoms with Crippen molar-refractivity contribution >= 4 is 0 Å². The molecule has 1 unspecified atom stereocenters. The fraction of sp³-hybridized carbons (Fsp3) is 0.882. The maximum absolute atomic E-state index is 5.50. The molecule has 0 spiro atoms. The molecule has 0 radical (unpaired) electrons. The van der Waals surface area contributed by atoms with Gasteiger partial charge in [-0.05, 0) is 38.5 Å². The lowest BCUT2D eigenvalue weighted by molar-refractivity contribution is 0.0797. The topological polar surface area (TPSA) is 45.4 Å². The zero-order chi connectivity index (χ0) is 14.9. The van der Waals surface area contributed by atoms with Crippen molar-refractivity contribution in [3.8, 4) is 0 Å². The number of nitrogens with zero attached hydrogens (tertiary/aromatic N) is 4. The Labute approximate surface area is 133 Å². The van der Waals surface area contributed by atoms with Gasteiger partial charge in [-0.25, -0.2) is 0 Å². The fourth-order valence-corrected chi connectivity index (χ4v) is 3.97. The van der Waals surface area contributed by atoms with Crippen molar-refractivity contribution in [2.45, 2.75) is 57.4 Å². The smallest absolute Gasteiger partial charge is 0.243 e. The third-order valence-corrected chi connectivity index (χ3v) is 5.70. The highest BCUT2D eigenvalue weighted by Gasteiger charge is 2.31. The molecule has 1 aromatic heterocycles. The van der Waals surface area contributed by atoms with Crippen molar-refractivity contribution in [3.05, 3.63) is 11.7 Å². The summed E-state index contributed by atoms with van der Waals surface area (Å²) >= 11 is 0. The SMILES string of the molecule is CC(c1nc(C2CC2)no1)N1CCN(CC2CCCC2)CC1. The Kier molecular flexibility index (Phi) is 4.18. The molecule has 3 fully saturated rings. The van der Waals surface area contributed by atoms with E-state index in [0.29, 0.717) is 5.92 Å². The summed E-state index contributed by atoms with van der Waals surface area (Å²) in [5, 5.41) is 4.15. The third kappa shape index (κ3) is 3.20. The van der Waals surface area contributed by atoms with E-state index in [1.54, 1.807) is 0 Å². The number of hydrogen-bond acceptors (Lipinski definition) is 5. The average Bonchev–Trinajstić information content (AvgIpc) is 3.06. The Morgan fingerprint density at radius 2 is 1.82 bits per heavy atom. The highest BCUT2D eigenvalue weighted by Crippen LogP contribution is 2.38. The lowest BCUT2D eigenvalue weighted by Crippen LogP contribution is -2.48. The molecular weight excluding hydrogens is 276 g/mol. The van der Waals surface area contributed by atoms with Crippen molar-refractivity contribution in [1.29, 1.82) is 0 Å². The highest BCUT2D eigenvalue weighted by atomic mass is 16.5. The van der Waals surface area contributed by atoms with Crippen molar-refractivity contribution in [3.63, 3.8) is 0 Å². The lowest BCUT2D eigenvalue weighted by Gasteiger charge is -2.37. The van der Waals surface area contributed by atoms with Gasteiger partial charge in [0.15, 0.2) is 5.82 Å². The molecule has 3 aliphatic rings. The van der Waals surface area contributed by atoms with Gasteiger partial charge in [-0.15, -0.1) is 0 Å². The minimum absolute atomic E-state index is 0.258. The van der Waals surface area contributed by atoms with E-state index >= 15 is 0 Å². The predicted molar refractivity (Wildman–Crippen MR) is 84.7 cm³/mol. The van der Waals surface area contributed by atoms with Gasteiger partial charge in [0.05, 0.1) is 6.04 Å². The summed E-state index contributed by atoms with van der Waals surface area (Å²) in [6.07, 6.45) is 8.25. The Hall–Kier alpha value is -0.940. The summed E-state index contributed by atoms with van der Waals surface area (Å²) in [5.41, 5.74) is 0. The molecule has 2 heterocycles. The second-order valence-corrected chi connectivity index (χ2v) is 7.43. The molecule has 1 aromatic rings. The largest absolute Gasteiger partial charge is 0.338 e. The van der Waals surface area contributed by atoms with Crippen LogP contribution >= 0.6 is 0 Å². The first-order chi connectivity index (χ1) is 10.8. The second kappa shape index (κ2) is 6.28. The zero-order valence-electron chi connectivity index (χ0n) is 13.7. The van der Waals surface area contributed by atoms with Gasteiger partial charge >= 0.3 is 0 Å². The molecule has 1 saturated heterocycles. The molecule has 22 heavy (non-hydrogen) atoms. The third-order valence-electron chi connectivity index (χ3n) is 5.70. The Bertz CT molecular complexity index is 485. The number of rotatable bonds is 5. The van der Waals surface area contributed by atoms with E-state index in [-0.39, 0.29) is 6.04 Å². The van der Waals surface area contributed by atoms with Crippen LogP contribution in [0.25, 0.3) is 0 Å². The normalized spacial score (nSPS) is 26.6. The van der Waals surface area contributed by atoms with Crippen LogP contribution in [-0.4, -0.2) is 52.7 Å². The summed E-state index contributed by atoms with van der Waals surface area (Å²) in [5.74, 6) is 3.28. The maximum atomic E-state index is 5.50. The maximum Gasteiger partial charge on any atom is 0.243 e. The average molecular weight is 304 g/mol. The summed E-state index contributed by atoms with van der Waals surface area (Å²) < 4.78 is 5.50. The number of piperazine rings is 1. The van der Waals surface area contributed by atoms with Crippen LogP contribution in [0.3, 0.4) is 0 Å². The van der Waals surface area contributed by atoms with Crippen LogP contribution in [0.2, 0.25) is 0 Å². The summed E-state index contributed by atoms with van der Waals surface area (Å²) in [4.78, 5) is 9.77. The minimum Gasteiger partial charge on any atom is -0.338 e. The van der Waals surface area contributed by atoms with Crippen molar-refractivity contribution in [2.75, 3.05) is 32.7 Å². The molecule has 5 heteroatoms. The first kappa shape index (κ1) is 14.6. The molecule has 122 valence electrons. The molecule has 2 saturated carbocycles. The molecule has 2 aliphatic carbocycles. The van der Waals surface area contributed by atoms with Gasteiger partial charge in [0.2, 0.25) is 5.89 Å². The quantitative estimate of drug-likeness (QED) is 0.837.